The lowest BCUT2D eigenvalue weighted by Gasteiger charge is -2.01. The van der Waals surface area contributed by atoms with Crippen LogP contribution in [0.4, 0.5) is 0 Å². The number of benzene rings is 2. The van der Waals surface area contributed by atoms with E-state index in [2.05, 4.69) is 35.8 Å². The SMILES string of the molecule is CNCc1cn(-c2ccccc2)nc1-c1ccccc1.Cl. The van der Waals surface area contributed by atoms with Gasteiger partial charge in [-0.05, 0) is 19.2 Å². The van der Waals surface area contributed by atoms with Crippen LogP contribution >= 0.6 is 12.4 Å². The molecule has 0 aliphatic heterocycles. The number of halogens is 1. The lowest BCUT2D eigenvalue weighted by molar-refractivity contribution is 0.817. The van der Waals surface area contributed by atoms with Gasteiger partial charge in [0.15, 0.2) is 0 Å². The molecule has 0 spiro atoms. The average molecular weight is 300 g/mol. The smallest absolute Gasteiger partial charge is 0.0972 e. The van der Waals surface area contributed by atoms with Crippen LogP contribution < -0.4 is 5.32 Å². The van der Waals surface area contributed by atoms with Crippen molar-refractivity contribution in [3.8, 4) is 16.9 Å². The molecule has 0 saturated carbocycles. The molecule has 0 saturated heterocycles. The maximum absolute atomic E-state index is 4.75. The first-order chi connectivity index (χ1) is 9.88. The second-order valence-corrected chi connectivity index (χ2v) is 4.68. The van der Waals surface area contributed by atoms with Crippen molar-refractivity contribution in [3.05, 3.63) is 72.4 Å². The summed E-state index contributed by atoms with van der Waals surface area (Å²) in [6.07, 6.45) is 2.09. The Labute approximate surface area is 131 Å². The summed E-state index contributed by atoms with van der Waals surface area (Å²) in [5, 5.41) is 7.95. The third-order valence-electron chi connectivity index (χ3n) is 3.23. The molecular weight excluding hydrogens is 282 g/mol. The Morgan fingerprint density at radius 3 is 2.19 bits per heavy atom. The summed E-state index contributed by atoms with van der Waals surface area (Å²) in [4.78, 5) is 0. The lowest BCUT2D eigenvalue weighted by atomic mass is 10.1. The van der Waals surface area contributed by atoms with Crippen LogP contribution in [0.5, 0.6) is 0 Å². The van der Waals surface area contributed by atoms with Crippen LogP contribution in [0.1, 0.15) is 5.56 Å². The second kappa shape index (κ2) is 7.07. The van der Waals surface area contributed by atoms with E-state index in [4.69, 9.17) is 5.10 Å². The first kappa shape index (κ1) is 15.3. The summed E-state index contributed by atoms with van der Waals surface area (Å²) in [5.74, 6) is 0. The van der Waals surface area contributed by atoms with Crippen molar-refractivity contribution in [1.82, 2.24) is 15.1 Å². The van der Waals surface area contributed by atoms with Gasteiger partial charge in [0.1, 0.15) is 0 Å². The first-order valence-corrected chi connectivity index (χ1v) is 6.72. The van der Waals surface area contributed by atoms with Crippen molar-refractivity contribution in [2.45, 2.75) is 6.54 Å². The number of hydrogen-bond acceptors (Lipinski definition) is 2. The van der Waals surface area contributed by atoms with Crippen molar-refractivity contribution in [3.63, 3.8) is 0 Å². The van der Waals surface area contributed by atoms with Crippen molar-refractivity contribution in [2.24, 2.45) is 0 Å². The molecule has 0 fully saturated rings. The Morgan fingerprint density at radius 1 is 0.952 bits per heavy atom. The maximum Gasteiger partial charge on any atom is 0.0972 e. The first-order valence-electron chi connectivity index (χ1n) is 6.72. The number of para-hydroxylation sites is 1. The molecule has 0 amide bonds. The average Bonchev–Trinajstić information content (AvgIpc) is 2.94. The van der Waals surface area contributed by atoms with Crippen LogP contribution in [0.15, 0.2) is 66.9 Å². The van der Waals surface area contributed by atoms with Crippen LogP contribution in [0.25, 0.3) is 16.9 Å². The van der Waals surface area contributed by atoms with Crippen LogP contribution in [-0.2, 0) is 6.54 Å². The lowest BCUT2D eigenvalue weighted by Crippen LogP contribution is -2.05. The molecule has 1 N–H and O–H groups in total. The van der Waals surface area contributed by atoms with E-state index < -0.39 is 0 Å². The summed E-state index contributed by atoms with van der Waals surface area (Å²) in [6, 6.07) is 20.5. The van der Waals surface area contributed by atoms with Gasteiger partial charge in [-0.2, -0.15) is 5.10 Å². The zero-order chi connectivity index (χ0) is 13.8. The molecule has 3 aromatic rings. The Bertz CT molecular complexity index is 678. The van der Waals surface area contributed by atoms with Gasteiger partial charge >= 0.3 is 0 Å². The van der Waals surface area contributed by atoms with Gasteiger partial charge in [-0.3, -0.25) is 0 Å². The topological polar surface area (TPSA) is 29.9 Å². The zero-order valence-electron chi connectivity index (χ0n) is 11.9. The van der Waals surface area contributed by atoms with Gasteiger partial charge in [-0.25, -0.2) is 4.68 Å². The third kappa shape index (κ3) is 3.32. The molecule has 1 heterocycles. The van der Waals surface area contributed by atoms with E-state index in [1.807, 2.05) is 48.1 Å². The van der Waals surface area contributed by atoms with Gasteiger partial charge in [0.2, 0.25) is 0 Å². The molecule has 0 bridgehead atoms. The minimum atomic E-state index is 0. The molecule has 2 aromatic carbocycles. The molecule has 0 unspecified atom stereocenters. The maximum atomic E-state index is 4.75. The van der Waals surface area contributed by atoms with Gasteiger partial charge in [0, 0.05) is 23.9 Å². The van der Waals surface area contributed by atoms with Gasteiger partial charge < -0.3 is 5.32 Å². The van der Waals surface area contributed by atoms with Crippen molar-refractivity contribution < 1.29 is 0 Å². The Hall–Kier alpha value is -2.10. The van der Waals surface area contributed by atoms with E-state index in [1.54, 1.807) is 0 Å². The van der Waals surface area contributed by atoms with Crippen molar-refractivity contribution in [1.29, 1.82) is 0 Å². The van der Waals surface area contributed by atoms with Gasteiger partial charge in [-0.1, -0.05) is 48.5 Å². The highest BCUT2D eigenvalue weighted by molar-refractivity contribution is 5.85. The standard InChI is InChI=1S/C17H17N3.ClH/c1-18-12-15-13-20(16-10-6-3-7-11-16)19-17(15)14-8-4-2-5-9-14;/h2-11,13,18H,12H2,1H3;1H. The highest BCUT2D eigenvalue weighted by Crippen LogP contribution is 2.23. The summed E-state index contributed by atoms with van der Waals surface area (Å²) in [6.45, 7) is 0.803. The van der Waals surface area contributed by atoms with E-state index in [0.717, 1.165) is 23.5 Å². The summed E-state index contributed by atoms with van der Waals surface area (Å²) < 4.78 is 1.94. The van der Waals surface area contributed by atoms with Gasteiger partial charge in [0.05, 0.1) is 11.4 Å². The van der Waals surface area contributed by atoms with Gasteiger partial charge in [-0.15, -0.1) is 12.4 Å². The quantitative estimate of drug-likeness (QED) is 0.796. The molecule has 0 radical (unpaired) electrons. The normalized spacial score (nSPS) is 10.1. The second-order valence-electron chi connectivity index (χ2n) is 4.68. The van der Waals surface area contributed by atoms with Crippen LogP contribution in [-0.4, -0.2) is 16.8 Å². The monoisotopic (exact) mass is 299 g/mol. The van der Waals surface area contributed by atoms with Crippen LogP contribution in [0, 0.1) is 0 Å². The molecule has 1 aromatic heterocycles. The highest BCUT2D eigenvalue weighted by Gasteiger charge is 2.11. The predicted molar refractivity (Wildman–Crippen MR) is 89.0 cm³/mol. The molecule has 0 aliphatic rings. The number of nitrogens with one attached hydrogen (secondary N) is 1. The van der Waals surface area contributed by atoms with Crippen LogP contribution in [0.3, 0.4) is 0 Å². The largest absolute Gasteiger partial charge is 0.316 e. The highest BCUT2D eigenvalue weighted by atomic mass is 35.5. The number of aromatic nitrogens is 2. The fourth-order valence-electron chi connectivity index (χ4n) is 2.28. The molecule has 0 atom stereocenters. The molecule has 0 aliphatic carbocycles. The summed E-state index contributed by atoms with van der Waals surface area (Å²) in [7, 11) is 1.95. The third-order valence-corrected chi connectivity index (χ3v) is 3.23. The number of nitrogens with zero attached hydrogens (tertiary/aromatic N) is 2. The fraction of sp³-hybridized carbons (Fsp3) is 0.118. The summed E-state index contributed by atoms with van der Waals surface area (Å²) in [5.41, 5.74) is 4.45. The number of hydrogen-bond donors (Lipinski definition) is 1. The van der Waals surface area contributed by atoms with E-state index in [1.165, 1.54) is 5.56 Å². The molecule has 3 nitrogen and oxygen atoms in total. The molecule has 3 rings (SSSR count). The summed E-state index contributed by atoms with van der Waals surface area (Å²) >= 11 is 0. The van der Waals surface area contributed by atoms with E-state index in [9.17, 15) is 0 Å². The van der Waals surface area contributed by atoms with E-state index >= 15 is 0 Å². The Kier molecular flexibility index (Phi) is 5.14. The van der Waals surface area contributed by atoms with Crippen molar-refractivity contribution in [2.75, 3.05) is 7.05 Å². The van der Waals surface area contributed by atoms with Gasteiger partial charge in [0.25, 0.3) is 0 Å². The molecule has 108 valence electrons. The molecule has 21 heavy (non-hydrogen) atoms. The van der Waals surface area contributed by atoms with E-state index in [0.29, 0.717) is 0 Å². The fourth-order valence-corrected chi connectivity index (χ4v) is 2.28. The number of rotatable bonds is 4. The Morgan fingerprint density at radius 2 is 1.57 bits per heavy atom. The predicted octanol–water partition coefficient (Wildman–Crippen LogP) is 3.68. The molecular formula is C17H18ClN3. The van der Waals surface area contributed by atoms with E-state index in [-0.39, 0.29) is 12.4 Å². The van der Waals surface area contributed by atoms with Crippen molar-refractivity contribution >= 4 is 12.4 Å². The minimum absolute atomic E-state index is 0. The molecule has 4 heteroatoms. The zero-order valence-corrected chi connectivity index (χ0v) is 12.7. The minimum Gasteiger partial charge on any atom is -0.316 e. The van der Waals surface area contributed by atoms with Crippen LogP contribution in [0.2, 0.25) is 0 Å². The Balaban J connectivity index is 0.00000161.